The van der Waals surface area contributed by atoms with Crippen molar-refractivity contribution in [3.05, 3.63) is 24.4 Å². The highest BCUT2D eigenvalue weighted by Gasteiger charge is 2.20. The number of aryl methyl sites for hydroxylation is 1. The van der Waals surface area contributed by atoms with Crippen LogP contribution in [0.5, 0.6) is 0 Å². The Kier molecular flexibility index (Phi) is 5.89. The standard InChI is InChI=1S/C14H23N5O2/c1-3-5-15-12(20)10-18-6-8-19(9-7-18)11-14-17-16-13(4-2)21-14/h3H,1,4-11H2,2H3,(H,15,20). The highest BCUT2D eigenvalue weighted by Crippen LogP contribution is 2.08. The molecule has 0 spiro atoms. The summed E-state index contributed by atoms with van der Waals surface area (Å²) in [6, 6.07) is 0. The van der Waals surface area contributed by atoms with Crippen LogP contribution >= 0.6 is 0 Å². The zero-order chi connectivity index (χ0) is 15.1. The fourth-order valence-corrected chi connectivity index (χ4v) is 2.24. The SMILES string of the molecule is C=CCNC(=O)CN1CCN(Cc2nnc(CC)o2)CC1. The van der Waals surface area contributed by atoms with Crippen LogP contribution in [0.3, 0.4) is 0 Å². The van der Waals surface area contributed by atoms with Gasteiger partial charge in [0.25, 0.3) is 0 Å². The second kappa shape index (κ2) is 7.90. The van der Waals surface area contributed by atoms with E-state index in [-0.39, 0.29) is 5.91 Å². The zero-order valence-electron chi connectivity index (χ0n) is 12.5. The minimum Gasteiger partial charge on any atom is -0.424 e. The van der Waals surface area contributed by atoms with Gasteiger partial charge in [-0.3, -0.25) is 14.6 Å². The molecule has 1 aliphatic heterocycles. The van der Waals surface area contributed by atoms with Gasteiger partial charge in [-0.05, 0) is 0 Å². The third kappa shape index (κ3) is 4.95. The first-order valence-electron chi connectivity index (χ1n) is 7.34. The van der Waals surface area contributed by atoms with Crippen molar-refractivity contribution in [2.24, 2.45) is 0 Å². The van der Waals surface area contributed by atoms with Gasteiger partial charge in [0.15, 0.2) is 0 Å². The van der Waals surface area contributed by atoms with Gasteiger partial charge < -0.3 is 9.73 Å². The number of nitrogens with zero attached hydrogens (tertiary/aromatic N) is 4. The molecule has 1 saturated heterocycles. The molecule has 0 saturated carbocycles. The fraction of sp³-hybridized carbons (Fsp3) is 0.643. The van der Waals surface area contributed by atoms with Gasteiger partial charge >= 0.3 is 0 Å². The first kappa shape index (κ1) is 15.7. The molecule has 0 bridgehead atoms. The molecule has 1 aromatic rings. The predicted octanol–water partition coefficient (Wildman–Crippen LogP) is 0.0518. The Balaban J connectivity index is 1.70. The lowest BCUT2D eigenvalue weighted by atomic mass is 10.3. The van der Waals surface area contributed by atoms with Crippen LogP contribution < -0.4 is 5.32 Å². The van der Waals surface area contributed by atoms with Crippen LogP contribution in [0.4, 0.5) is 0 Å². The van der Waals surface area contributed by atoms with Gasteiger partial charge in [-0.15, -0.1) is 16.8 Å². The number of amides is 1. The molecule has 1 amide bonds. The molecule has 116 valence electrons. The molecule has 2 heterocycles. The summed E-state index contributed by atoms with van der Waals surface area (Å²) in [6.07, 6.45) is 2.45. The molecule has 0 radical (unpaired) electrons. The Labute approximate surface area is 125 Å². The smallest absolute Gasteiger partial charge is 0.234 e. The summed E-state index contributed by atoms with van der Waals surface area (Å²) in [5, 5.41) is 10.8. The number of piperazine rings is 1. The lowest BCUT2D eigenvalue weighted by Crippen LogP contribution is -2.49. The molecule has 1 N–H and O–H groups in total. The Bertz CT molecular complexity index is 466. The van der Waals surface area contributed by atoms with E-state index in [9.17, 15) is 4.79 Å². The lowest BCUT2D eigenvalue weighted by molar-refractivity contribution is -0.122. The average molecular weight is 293 g/mol. The molecule has 0 aliphatic carbocycles. The Morgan fingerprint density at radius 1 is 1.29 bits per heavy atom. The van der Waals surface area contributed by atoms with Crippen LogP contribution in [0.25, 0.3) is 0 Å². The summed E-state index contributed by atoms with van der Waals surface area (Å²) >= 11 is 0. The third-order valence-corrected chi connectivity index (χ3v) is 3.45. The van der Waals surface area contributed by atoms with Crippen LogP contribution in [0, 0.1) is 0 Å². The maximum atomic E-state index is 11.6. The normalized spacial score (nSPS) is 16.8. The number of carbonyl (C=O) groups excluding carboxylic acids is 1. The molecule has 7 nitrogen and oxygen atoms in total. The molecule has 1 aliphatic rings. The zero-order valence-corrected chi connectivity index (χ0v) is 12.5. The highest BCUT2D eigenvalue weighted by atomic mass is 16.4. The van der Waals surface area contributed by atoms with Crippen molar-refractivity contribution >= 4 is 5.91 Å². The molecule has 21 heavy (non-hydrogen) atoms. The quantitative estimate of drug-likeness (QED) is 0.716. The second-order valence-electron chi connectivity index (χ2n) is 5.09. The molecular formula is C14H23N5O2. The third-order valence-electron chi connectivity index (χ3n) is 3.45. The van der Waals surface area contributed by atoms with E-state index in [1.165, 1.54) is 0 Å². The summed E-state index contributed by atoms with van der Waals surface area (Å²) in [4.78, 5) is 16.1. The van der Waals surface area contributed by atoms with Crippen molar-refractivity contribution in [3.63, 3.8) is 0 Å². The van der Waals surface area contributed by atoms with Crippen LogP contribution in [-0.2, 0) is 17.8 Å². The summed E-state index contributed by atoms with van der Waals surface area (Å²) in [5.74, 6) is 1.40. The van der Waals surface area contributed by atoms with Crippen LogP contribution in [0.2, 0.25) is 0 Å². The number of carbonyl (C=O) groups is 1. The molecule has 1 aromatic heterocycles. The molecule has 0 unspecified atom stereocenters. The molecule has 0 atom stereocenters. The van der Waals surface area contributed by atoms with Crippen molar-refractivity contribution in [2.75, 3.05) is 39.3 Å². The van der Waals surface area contributed by atoms with Crippen molar-refractivity contribution in [2.45, 2.75) is 19.9 Å². The average Bonchev–Trinajstić information content (AvgIpc) is 2.95. The van der Waals surface area contributed by atoms with Crippen LogP contribution in [0.1, 0.15) is 18.7 Å². The van der Waals surface area contributed by atoms with Crippen molar-refractivity contribution in [1.29, 1.82) is 0 Å². The largest absolute Gasteiger partial charge is 0.424 e. The Morgan fingerprint density at radius 3 is 2.57 bits per heavy atom. The summed E-state index contributed by atoms with van der Waals surface area (Å²) in [5.41, 5.74) is 0. The van der Waals surface area contributed by atoms with E-state index < -0.39 is 0 Å². The van der Waals surface area contributed by atoms with Gasteiger partial charge in [0.2, 0.25) is 17.7 Å². The minimum absolute atomic E-state index is 0.0489. The first-order chi connectivity index (χ1) is 10.2. The summed E-state index contributed by atoms with van der Waals surface area (Å²) in [7, 11) is 0. The highest BCUT2D eigenvalue weighted by molar-refractivity contribution is 5.78. The minimum atomic E-state index is 0.0489. The van der Waals surface area contributed by atoms with Gasteiger partial charge in [-0.2, -0.15) is 0 Å². The Morgan fingerprint density at radius 2 is 1.95 bits per heavy atom. The number of rotatable bonds is 7. The van der Waals surface area contributed by atoms with E-state index in [1.54, 1.807) is 6.08 Å². The van der Waals surface area contributed by atoms with Crippen LogP contribution in [0.15, 0.2) is 17.1 Å². The number of hydrogen-bond donors (Lipinski definition) is 1. The van der Waals surface area contributed by atoms with E-state index in [0.717, 1.165) is 32.6 Å². The summed E-state index contributed by atoms with van der Waals surface area (Å²) in [6.45, 7) is 10.8. The molecular weight excluding hydrogens is 270 g/mol. The monoisotopic (exact) mass is 293 g/mol. The maximum Gasteiger partial charge on any atom is 0.234 e. The van der Waals surface area contributed by atoms with Crippen molar-refractivity contribution < 1.29 is 9.21 Å². The summed E-state index contributed by atoms with van der Waals surface area (Å²) < 4.78 is 5.52. The van der Waals surface area contributed by atoms with E-state index >= 15 is 0 Å². The molecule has 1 fully saturated rings. The van der Waals surface area contributed by atoms with Gasteiger partial charge in [0.1, 0.15) is 0 Å². The molecule has 7 heteroatoms. The molecule has 2 rings (SSSR count). The van der Waals surface area contributed by atoms with E-state index in [4.69, 9.17) is 4.42 Å². The van der Waals surface area contributed by atoms with Gasteiger partial charge in [0, 0.05) is 39.1 Å². The van der Waals surface area contributed by atoms with Gasteiger partial charge in [-0.25, -0.2) is 0 Å². The van der Waals surface area contributed by atoms with E-state index in [0.29, 0.717) is 31.4 Å². The predicted molar refractivity (Wildman–Crippen MR) is 78.6 cm³/mol. The maximum absolute atomic E-state index is 11.6. The number of nitrogens with one attached hydrogen (secondary N) is 1. The second-order valence-corrected chi connectivity index (χ2v) is 5.09. The van der Waals surface area contributed by atoms with E-state index in [2.05, 4.69) is 31.9 Å². The van der Waals surface area contributed by atoms with Crippen molar-refractivity contribution in [1.82, 2.24) is 25.3 Å². The van der Waals surface area contributed by atoms with Crippen LogP contribution in [-0.4, -0.2) is 65.2 Å². The Hall–Kier alpha value is -1.73. The lowest BCUT2D eigenvalue weighted by Gasteiger charge is -2.33. The fourth-order valence-electron chi connectivity index (χ4n) is 2.24. The molecule has 0 aromatic carbocycles. The van der Waals surface area contributed by atoms with Crippen molar-refractivity contribution in [3.8, 4) is 0 Å². The van der Waals surface area contributed by atoms with E-state index in [1.807, 2.05) is 6.92 Å². The number of hydrogen-bond acceptors (Lipinski definition) is 6. The number of aromatic nitrogens is 2. The van der Waals surface area contributed by atoms with Gasteiger partial charge in [-0.1, -0.05) is 13.0 Å². The first-order valence-corrected chi connectivity index (χ1v) is 7.34. The van der Waals surface area contributed by atoms with Gasteiger partial charge in [0.05, 0.1) is 13.1 Å². The topological polar surface area (TPSA) is 74.5 Å².